The number of rotatable bonds is 3. The smallest absolute Gasteiger partial charge is 0.276 e. The fraction of sp³-hybridized carbons (Fsp3) is 0.692. The molecule has 1 unspecified atom stereocenters. The molecule has 3 rings (SSSR count). The van der Waals surface area contributed by atoms with E-state index < -0.39 is 10.0 Å². The quantitative estimate of drug-likeness (QED) is 0.880. The standard InChI is InChI=1S/C13H21N3O3S.ClH/c1-11-2-3-13(19-11)20(17,18)16-7-4-12(10-16)15-8-5-14-6-9-15;/h2-3,12,14H,4-10H2,1H3;1H. The van der Waals surface area contributed by atoms with Crippen molar-refractivity contribution in [2.45, 2.75) is 24.5 Å². The van der Waals surface area contributed by atoms with Crippen LogP contribution in [0.5, 0.6) is 0 Å². The minimum Gasteiger partial charge on any atom is -0.449 e. The Bertz CT molecular complexity index is 569. The highest BCUT2D eigenvalue weighted by Crippen LogP contribution is 2.25. The summed E-state index contributed by atoms with van der Waals surface area (Å²) in [4.78, 5) is 2.39. The van der Waals surface area contributed by atoms with Gasteiger partial charge in [0.2, 0.25) is 5.09 Å². The second-order valence-electron chi connectivity index (χ2n) is 5.46. The zero-order valence-electron chi connectivity index (χ0n) is 12.1. The van der Waals surface area contributed by atoms with Gasteiger partial charge >= 0.3 is 0 Å². The van der Waals surface area contributed by atoms with Gasteiger partial charge in [-0.3, -0.25) is 4.90 Å². The van der Waals surface area contributed by atoms with Gasteiger partial charge in [0.25, 0.3) is 10.0 Å². The molecule has 0 radical (unpaired) electrons. The number of hydrogen-bond donors (Lipinski definition) is 1. The Morgan fingerprint density at radius 3 is 2.57 bits per heavy atom. The summed E-state index contributed by atoms with van der Waals surface area (Å²) in [5.41, 5.74) is 0. The Kier molecular flexibility index (Phi) is 5.32. The third-order valence-corrected chi connectivity index (χ3v) is 5.84. The summed E-state index contributed by atoms with van der Waals surface area (Å²) in [5, 5.41) is 3.39. The summed E-state index contributed by atoms with van der Waals surface area (Å²) in [7, 11) is -3.47. The fourth-order valence-electron chi connectivity index (χ4n) is 2.95. The molecule has 1 N–H and O–H groups in total. The summed E-state index contributed by atoms with van der Waals surface area (Å²) in [6, 6.07) is 3.57. The Balaban J connectivity index is 0.00000161. The number of furan rings is 1. The highest BCUT2D eigenvalue weighted by Gasteiger charge is 2.36. The Morgan fingerprint density at radius 2 is 1.95 bits per heavy atom. The lowest BCUT2D eigenvalue weighted by Gasteiger charge is -2.32. The van der Waals surface area contributed by atoms with E-state index in [1.807, 2.05) is 0 Å². The number of piperazine rings is 1. The molecule has 3 heterocycles. The maximum Gasteiger partial charge on any atom is 0.276 e. The van der Waals surface area contributed by atoms with Crippen LogP contribution >= 0.6 is 12.4 Å². The molecule has 0 saturated carbocycles. The average Bonchev–Trinajstić information content (AvgIpc) is 3.09. The summed E-state index contributed by atoms with van der Waals surface area (Å²) >= 11 is 0. The van der Waals surface area contributed by atoms with Crippen molar-refractivity contribution in [2.75, 3.05) is 39.3 Å². The van der Waals surface area contributed by atoms with Crippen molar-refractivity contribution < 1.29 is 12.8 Å². The van der Waals surface area contributed by atoms with Gasteiger partial charge in [-0.1, -0.05) is 0 Å². The van der Waals surface area contributed by atoms with Crippen LogP contribution < -0.4 is 5.32 Å². The Labute approximate surface area is 131 Å². The van der Waals surface area contributed by atoms with Gasteiger partial charge in [-0.25, -0.2) is 8.42 Å². The number of sulfonamides is 1. The van der Waals surface area contributed by atoms with Crippen LogP contribution in [0.4, 0.5) is 0 Å². The molecule has 2 aliphatic heterocycles. The first-order chi connectivity index (χ1) is 9.57. The number of hydrogen-bond acceptors (Lipinski definition) is 5. The molecule has 1 aromatic heterocycles. The Morgan fingerprint density at radius 1 is 1.24 bits per heavy atom. The van der Waals surface area contributed by atoms with E-state index in [9.17, 15) is 8.42 Å². The molecule has 2 aliphatic rings. The first-order valence-corrected chi connectivity index (χ1v) is 8.53. The van der Waals surface area contributed by atoms with Crippen molar-refractivity contribution in [1.82, 2.24) is 14.5 Å². The second-order valence-corrected chi connectivity index (χ2v) is 7.33. The van der Waals surface area contributed by atoms with Gasteiger partial charge in [0, 0.05) is 45.3 Å². The molecule has 2 saturated heterocycles. The van der Waals surface area contributed by atoms with Crippen molar-refractivity contribution in [3.8, 4) is 0 Å². The molecule has 21 heavy (non-hydrogen) atoms. The first-order valence-electron chi connectivity index (χ1n) is 7.09. The summed E-state index contributed by atoms with van der Waals surface area (Å²) in [6.45, 7) is 6.88. The highest BCUT2D eigenvalue weighted by molar-refractivity contribution is 7.89. The zero-order valence-corrected chi connectivity index (χ0v) is 13.8. The van der Waals surface area contributed by atoms with Crippen molar-refractivity contribution in [3.05, 3.63) is 17.9 Å². The molecule has 0 aliphatic carbocycles. The third kappa shape index (κ3) is 3.43. The summed E-state index contributed by atoms with van der Waals surface area (Å²) in [6.07, 6.45) is 0.902. The Hall–Kier alpha value is -0.600. The molecular weight excluding hydrogens is 314 g/mol. The first kappa shape index (κ1) is 16.8. The van der Waals surface area contributed by atoms with Crippen LogP contribution in [-0.2, 0) is 10.0 Å². The fourth-order valence-corrected chi connectivity index (χ4v) is 4.40. The van der Waals surface area contributed by atoms with E-state index in [-0.39, 0.29) is 17.5 Å². The maximum atomic E-state index is 12.5. The van der Waals surface area contributed by atoms with Gasteiger partial charge in [0.1, 0.15) is 5.76 Å². The lowest BCUT2D eigenvalue weighted by molar-refractivity contribution is 0.179. The van der Waals surface area contributed by atoms with Crippen molar-refractivity contribution >= 4 is 22.4 Å². The molecule has 0 aromatic carbocycles. The minimum absolute atomic E-state index is 0. The normalized spacial score (nSPS) is 24.9. The van der Waals surface area contributed by atoms with Crippen molar-refractivity contribution in [2.24, 2.45) is 0 Å². The molecule has 6 nitrogen and oxygen atoms in total. The highest BCUT2D eigenvalue weighted by atomic mass is 35.5. The van der Waals surface area contributed by atoms with E-state index in [0.29, 0.717) is 24.9 Å². The van der Waals surface area contributed by atoms with Gasteiger partial charge < -0.3 is 9.73 Å². The molecule has 8 heteroatoms. The molecule has 0 amide bonds. The number of halogens is 1. The van der Waals surface area contributed by atoms with E-state index in [1.165, 1.54) is 0 Å². The SMILES string of the molecule is Cc1ccc(S(=O)(=O)N2CCC(N3CCNCC3)C2)o1.Cl. The van der Waals surface area contributed by atoms with E-state index in [0.717, 1.165) is 32.6 Å². The lowest BCUT2D eigenvalue weighted by atomic mass is 10.2. The second kappa shape index (κ2) is 6.66. The van der Waals surface area contributed by atoms with Gasteiger partial charge in [-0.2, -0.15) is 4.31 Å². The van der Waals surface area contributed by atoms with Gasteiger partial charge in [0.05, 0.1) is 0 Å². The van der Waals surface area contributed by atoms with Crippen LogP contribution in [0.2, 0.25) is 0 Å². The van der Waals surface area contributed by atoms with Crippen LogP contribution in [-0.4, -0.2) is 62.9 Å². The average molecular weight is 336 g/mol. The molecule has 1 atom stereocenters. The molecule has 1 aromatic rings. The topological polar surface area (TPSA) is 65.8 Å². The number of aryl methyl sites for hydroxylation is 1. The van der Waals surface area contributed by atoms with E-state index in [4.69, 9.17) is 4.42 Å². The van der Waals surface area contributed by atoms with E-state index >= 15 is 0 Å². The van der Waals surface area contributed by atoms with Crippen LogP contribution in [0.1, 0.15) is 12.2 Å². The van der Waals surface area contributed by atoms with Crippen LogP contribution in [0, 0.1) is 6.92 Å². The minimum atomic E-state index is -3.47. The molecule has 0 spiro atoms. The van der Waals surface area contributed by atoms with Gasteiger partial charge in [-0.15, -0.1) is 12.4 Å². The zero-order chi connectivity index (χ0) is 14.2. The summed E-state index contributed by atoms with van der Waals surface area (Å²) in [5.74, 6) is 0.626. The number of nitrogens with zero attached hydrogens (tertiary/aromatic N) is 2. The van der Waals surface area contributed by atoms with Crippen LogP contribution in [0.25, 0.3) is 0 Å². The largest absolute Gasteiger partial charge is 0.449 e. The van der Waals surface area contributed by atoms with Gasteiger partial charge in [0.15, 0.2) is 0 Å². The van der Waals surface area contributed by atoms with Crippen molar-refractivity contribution in [3.63, 3.8) is 0 Å². The predicted molar refractivity (Wildman–Crippen MR) is 82.3 cm³/mol. The molecule has 2 fully saturated rings. The van der Waals surface area contributed by atoms with Crippen molar-refractivity contribution in [1.29, 1.82) is 0 Å². The molecule has 120 valence electrons. The van der Waals surface area contributed by atoms with E-state index in [2.05, 4.69) is 10.2 Å². The van der Waals surface area contributed by atoms with Gasteiger partial charge in [-0.05, 0) is 25.5 Å². The molecular formula is C13H22ClN3O3S. The third-order valence-electron chi connectivity index (χ3n) is 4.10. The predicted octanol–water partition coefficient (Wildman–Crippen LogP) is 0.678. The van der Waals surface area contributed by atoms with Crippen LogP contribution in [0.3, 0.4) is 0 Å². The lowest BCUT2D eigenvalue weighted by Crippen LogP contribution is -2.49. The number of nitrogens with one attached hydrogen (secondary N) is 1. The maximum absolute atomic E-state index is 12.5. The summed E-state index contributed by atoms with van der Waals surface area (Å²) < 4.78 is 31.8. The monoisotopic (exact) mass is 335 g/mol. The molecule has 0 bridgehead atoms. The van der Waals surface area contributed by atoms with E-state index in [1.54, 1.807) is 23.4 Å². The van der Waals surface area contributed by atoms with Crippen LogP contribution in [0.15, 0.2) is 21.6 Å².